The number of amides is 1. The molecule has 32 heavy (non-hydrogen) atoms. The second-order valence-electron chi connectivity index (χ2n) is 8.47. The third kappa shape index (κ3) is 6.06. The maximum Gasteiger partial charge on any atom is 0.226 e. The molecule has 3 atom stereocenters. The van der Waals surface area contributed by atoms with Gasteiger partial charge in [-0.05, 0) is 23.1 Å². The fraction of sp³-hybridized carbons (Fsp3) is 0.321. The van der Waals surface area contributed by atoms with Crippen LogP contribution in [0.25, 0.3) is 0 Å². The minimum Gasteiger partial charge on any atom is -0.375 e. The van der Waals surface area contributed by atoms with Crippen molar-refractivity contribution in [1.29, 1.82) is 0 Å². The zero-order valence-electron chi connectivity index (χ0n) is 18.6. The fourth-order valence-corrected chi connectivity index (χ4v) is 4.10. The molecule has 4 heteroatoms. The molecule has 1 aliphatic heterocycles. The summed E-state index contributed by atoms with van der Waals surface area (Å²) in [6, 6.07) is 30.6. The lowest BCUT2D eigenvalue weighted by Gasteiger charge is -2.13. The van der Waals surface area contributed by atoms with Crippen molar-refractivity contribution >= 4 is 5.91 Å². The van der Waals surface area contributed by atoms with Crippen molar-refractivity contribution in [3.05, 3.63) is 108 Å². The summed E-state index contributed by atoms with van der Waals surface area (Å²) in [6.45, 7) is 4.17. The number of hydrogen-bond acceptors (Lipinski definition) is 3. The smallest absolute Gasteiger partial charge is 0.226 e. The molecule has 0 aromatic heterocycles. The Hall–Kier alpha value is -2.95. The summed E-state index contributed by atoms with van der Waals surface area (Å²) in [5.41, 5.74) is 3.46. The first-order valence-electron chi connectivity index (χ1n) is 11.3. The zero-order valence-corrected chi connectivity index (χ0v) is 18.6. The summed E-state index contributed by atoms with van der Waals surface area (Å²) in [7, 11) is 0. The maximum absolute atomic E-state index is 13.2. The first-order chi connectivity index (χ1) is 15.7. The van der Waals surface area contributed by atoms with Crippen LogP contribution in [0.4, 0.5) is 0 Å². The fourth-order valence-electron chi connectivity index (χ4n) is 4.10. The molecular formula is C28H31NO3. The first-order valence-corrected chi connectivity index (χ1v) is 11.3. The van der Waals surface area contributed by atoms with Gasteiger partial charge in [-0.2, -0.15) is 0 Å². The lowest BCUT2D eigenvalue weighted by atomic mass is 10.0. The second-order valence-corrected chi connectivity index (χ2v) is 8.47. The molecule has 0 spiro atoms. The highest BCUT2D eigenvalue weighted by Crippen LogP contribution is 2.32. The van der Waals surface area contributed by atoms with Crippen molar-refractivity contribution in [1.82, 2.24) is 4.90 Å². The Kier molecular flexibility index (Phi) is 7.70. The average molecular weight is 430 g/mol. The van der Waals surface area contributed by atoms with Crippen LogP contribution >= 0.6 is 0 Å². The van der Waals surface area contributed by atoms with Crippen LogP contribution in [0.2, 0.25) is 0 Å². The summed E-state index contributed by atoms with van der Waals surface area (Å²) in [6.07, 6.45) is 0.741. The van der Waals surface area contributed by atoms with E-state index in [9.17, 15) is 4.79 Å². The number of nitrogens with zero attached hydrogens (tertiary/aromatic N) is 1. The molecule has 4 nitrogen and oxygen atoms in total. The highest BCUT2D eigenvalue weighted by molar-refractivity contribution is 5.82. The van der Waals surface area contributed by atoms with Gasteiger partial charge < -0.3 is 14.4 Å². The Bertz CT molecular complexity index is 910. The molecule has 1 amide bonds. The molecule has 3 aromatic carbocycles. The summed E-state index contributed by atoms with van der Waals surface area (Å²) >= 11 is 0. The molecule has 3 aromatic rings. The van der Waals surface area contributed by atoms with E-state index in [0.717, 1.165) is 17.5 Å². The molecule has 0 saturated carbocycles. The van der Waals surface area contributed by atoms with Crippen LogP contribution in [0, 0.1) is 5.92 Å². The molecule has 0 radical (unpaired) electrons. The van der Waals surface area contributed by atoms with Gasteiger partial charge in [-0.3, -0.25) is 4.79 Å². The van der Waals surface area contributed by atoms with Crippen LogP contribution in [0.1, 0.15) is 23.6 Å². The SMILES string of the molecule is C[C@H](Cc1ccccc1)C(=O)N1[C@H](COCc2ccccc2)[C@H]1COCc1ccccc1. The molecule has 1 heterocycles. The number of carbonyl (C=O) groups excluding carboxylic acids is 1. The quantitative estimate of drug-likeness (QED) is 0.408. The standard InChI is InChI=1S/C28H31NO3/c1-22(17-23-11-5-2-6-12-23)28(30)29-26(20-31-18-24-13-7-3-8-14-24)27(29)21-32-19-25-15-9-4-10-16-25/h2-16,22,26-27H,17-21H2,1H3/t22-,26-,27-/m1/s1. The minimum absolute atomic E-state index is 0.0696. The van der Waals surface area contributed by atoms with Crippen molar-refractivity contribution < 1.29 is 14.3 Å². The molecule has 0 bridgehead atoms. The van der Waals surface area contributed by atoms with Gasteiger partial charge in [0.05, 0.1) is 38.5 Å². The molecule has 4 rings (SSSR count). The average Bonchev–Trinajstić information content (AvgIpc) is 3.52. The highest BCUT2D eigenvalue weighted by atomic mass is 16.5. The number of carbonyl (C=O) groups is 1. The monoisotopic (exact) mass is 429 g/mol. The summed E-state index contributed by atoms with van der Waals surface area (Å²) < 4.78 is 11.9. The molecule has 166 valence electrons. The van der Waals surface area contributed by atoms with Gasteiger partial charge in [0, 0.05) is 5.92 Å². The summed E-state index contributed by atoms with van der Waals surface area (Å²) in [5, 5.41) is 0. The van der Waals surface area contributed by atoms with Gasteiger partial charge in [0.2, 0.25) is 5.91 Å². The summed E-state index contributed by atoms with van der Waals surface area (Å²) in [5.74, 6) is 0.101. The lowest BCUT2D eigenvalue weighted by Crippen LogP contribution is -2.25. The number of rotatable bonds is 11. The van der Waals surface area contributed by atoms with Crippen molar-refractivity contribution in [3.63, 3.8) is 0 Å². The normalized spacial score (nSPS) is 18.3. The summed E-state index contributed by atoms with van der Waals surface area (Å²) in [4.78, 5) is 15.2. The number of hydrogen-bond donors (Lipinski definition) is 0. The predicted octanol–water partition coefficient (Wildman–Crippen LogP) is 4.88. The molecule has 0 unspecified atom stereocenters. The van der Waals surface area contributed by atoms with Crippen molar-refractivity contribution in [3.8, 4) is 0 Å². The Balaban J connectivity index is 1.33. The third-order valence-electron chi connectivity index (χ3n) is 5.93. The van der Waals surface area contributed by atoms with E-state index in [1.165, 1.54) is 5.56 Å². The lowest BCUT2D eigenvalue weighted by molar-refractivity contribution is -0.130. The van der Waals surface area contributed by atoms with Gasteiger partial charge in [-0.15, -0.1) is 0 Å². The van der Waals surface area contributed by atoms with Crippen LogP contribution in [0.3, 0.4) is 0 Å². The van der Waals surface area contributed by atoms with Crippen LogP contribution in [-0.4, -0.2) is 36.1 Å². The van der Waals surface area contributed by atoms with Crippen molar-refractivity contribution in [2.75, 3.05) is 13.2 Å². The van der Waals surface area contributed by atoms with Gasteiger partial charge in [0.15, 0.2) is 0 Å². The van der Waals surface area contributed by atoms with E-state index >= 15 is 0 Å². The van der Waals surface area contributed by atoms with E-state index in [4.69, 9.17) is 9.47 Å². The largest absolute Gasteiger partial charge is 0.375 e. The van der Waals surface area contributed by atoms with Gasteiger partial charge >= 0.3 is 0 Å². The van der Waals surface area contributed by atoms with E-state index in [1.54, 1.807) is 0 Å². The Labute approximate surface area is 190 Å². The van der Waals surface area contributed by atoms with Crippen LogP contribution in [0.15, 0.2) is 91.0 Å². The maximum atomic E-state index is 13.2. The molecule has 1 fully saturated rings. The molecule has 0 N–H and O–H groups in total. The molecule has 0 aliphatic carbocycles. The van der Waals surface area contributed by atoms with E-state index in [1.807, 2.05) is 66.4 Å². The zero-order chi connectivity index (χ0) is 22.2. The van der Waals surface area contributed by atoms with Gasteiger partial charge in [-0.25, -0.2) is 0 Å². The van der Waals surface area contributed by atoms with Crippen LogP contribution < -0.4 is 0 Å². The predicted molar refractivity (Wildman–Crippen MR) is 126 cm³/mol. The van der Waals surface area contributed by atoms with Gasteiger partial charge in [0.1, 0.15) is 0 Å². The van der Waals surface area contributed by atoms with Crippen molar-refractivity contribution in [2.45, 2.75) is 38.6 Å². The van der Waals surface area contributed by atoms with Gasteiger partial charge in [0.25, 0.3) is 0 Å². The van der Waals surface area contributed by atoms with E-state index in [2.05, 4.69) is 36.4 Å². The minimum atomic E-state index is -0.0758. The molecule has 1 saturated heterocycles. The Morgan fingerprint density at radius 3 is 1.56 bits per heavy atom. The van der Waals surface area contributed by atoms with E-state index in [-0.39, 0.29) is 23.9 Å². The highest BCUT2D eigenvalue weighted by Gasteiger charge is 2.51. The van der Waals surface area contributed by atoms with Crippen LogP contribution in [0.5, 0.6) is 0 Å². The second kappa shape index (κ2) is 11.1. The van der Waals surface area contributed by atoms with Gasteiger partial charge in [-0.1, -0.05) is 97.9 Å². The van der Waals surface area contributed by atoms with E-state index < -0.39 is 0 Å². The first kappa shape index (κ1) is 22.3. The Morgan fingerprint density at radius 1 is 0.719 bits per heavy atom. The Morgan fingerprint density at radius 2 is 1.12 bits per heavy atom. The van der Waals surface area contributed by atoms with E-state index in [0.29, 0.717) is 26.4 Å². The number of benzene rings is 3. The molecule has 1 aliphatic rings. The van der Waals surface area contributed by atoms with Crippen LogP contribution in [-0.2, 0) is 33.9 Å². The number of ether oxygens (including phenoxy) is 2. The van der Waals surface area contributed by atoms with Crippen molar-refractivity contribution in [2.24, 2.45) is 5.92 Å². The third-order valence-corrected chi connectivity index (χ3v) is 5.93. The molecular weight excluding hydrogens is 398 g/mol. The topological polar surface area (TPSA) is 38.5 Å².